The predicted molar refractivity (Wildman–Crippen MR) is 83.7 cm³/mol. The van der Waals surface area contributed by atoms with Crippen LogP contribution >= 0.6 is 15.9 Å². The molecule has 3 rings (SSSR count). The van der Waals surface area contributed by atoms with Crippen molar-refractivity contribution in [1.82, 2.24) is 10.2 Å². The van der Waals surface area contributed by atoms with Crippen LogP contribution in [-0.4, -0.2) is 17.3 Å². The van der Waals surface area contributed by atoms with Crippen LogP contribution in [0.5, 0.6) is 5.75 Å². The molecule has 0 saturated heterocycles. The lowest BCUT2D eigenvalue weighted by Gasteiger charge is -2.01. The summed E-state index contributed by atoms with van der Waals surface area (Å²) < 4.78 is 6.28. The number of aromatic nitrogens is 2. The van der Waals surface area contributed by atoms with Gasteiger partial charge in [0.1, 0.15) is 5.75 Å². The zero-order valence-electron chi connectivity index (χ0n) is 10.9. The molecule has 0 unspecified atom stereocenters. The molecule has 4 heteroatoms. The van der Waals surface area contributed by atoms with Crippen molar-refractivity contribution < 1.29 is 4.74 Å². The molecule has 0 bridgehead atoms. The van der Waals surface area contributed by atoms with Gasteiger partial charge >= 0.3 is 0 Å². The van der Waals surface area contributed by atoms with Gasteiger partial charge in [-0.05, 0) is 24.3 Å². The van der Waals surface area contributed by atoms with Gasteiger partial charge in [0.2, 0.25) is 0 Å². The van der Waals surface area contributed by atoms with Crippen molar-refractivity contribution >= 4 is 15.9 Å². The Morgan fingerprint density at radius 2 is 1.90 bits per heavy atom. The average molecular weight is 329 g/mol. The Kier molecular flexibility index (Phi) is 3.56. The second kappa shape index (κ2) is 5.51. The highest BCUT2D eigenvalue weighted by Crippen LogP contribution is 2.30. The van der Waals surface area contributed by atoms with Crippen molar-refractivity contribution in [2.24, 2.45) is 0 Å². The molecule has 1 aromatic heterocycles. The third kappa shape index (κ3) is 2.47. The first-order chi connectivity index (χ1) is 9.78. The largest absolute Gasteiger partial charge is 0.497 e. The number of nitrogens with zero attached hydrogens (tertiary/aromatic N) is 1. The number of aromatic amines is 1. The van der Waals surface area contributed by atoms with Crippen molar-refractivity contribution in [1.29, 1.82) is 0 Å². The van der Waals surface area contributed by atoms with Gasteiger partial charge in [0, 0.05) is 15.6 Å². The average Bonchev–Trinajstić information content (AvgIpc) is 2.97. The molecule has 0 fully saturated rings. The predicted octanol–water partition coefficient (Wildman–Crippen LogP) is 4.51. The number of rotatable bonds is 3. The lowest BCUT2D eigenvalue weighted by Crippen LogP contribution is -1.83. The van der Waals surface area contributed by atoms with E-state index in [1.807, 2.05) is 54.6 Å². The lowest BCUT2D eigenvalue weighted by molar-refractivity contribution is 0.415. The molecule has 20 heavy (non-hydrogen) atoms. The fraction of sp³-hybridized carbons (Fsp3) is 0.0625. The molecule has 0 saturated carbocycles. The Morgan fingerprint density at radius 3 is 2.70 bits per heavy atom. The van der Waals surface area contributed by atoms with Gasteiger partial charge in [0.05, 0.1) is 18.5 Å². The second-order valence-corrected chi connectivity index (χ2v) is 5.23. The Balaban J connectivity index is 2.00. The molecule has 0 atom stereocenters. The number of hydrogen-bond acceptors (Lipinski definition) is 2. The summed E-state index contributed by atoms with van der Waals surface area (Å²) in [5.41, 5.74) is 4.00. The molecule has 0 amide bonds. The summed E-state index contributed by atoms with van der Waals surface area (Å²) in [6.45, 7) is 0. The number of methoxy groups -OCH3 is 1. The maximum Gasteiger partial charge on any atom is 0.119 e. The van der Waals surface area contributed by atoms with E-state index in [0.29, 0.717) is 0 Å². The van der Waals surface area contributed by atoms with Crippen molar-refractivity contribution in [3.8, 4) is 28.3 Å². The Bertz CT molecular complexity index is 737. The third-order valence-corrected chi connectivity index (χ3v) is 3.80. The van der Waals surface area contributed by atoms with E-state index in [-0.39, 0.29) is 0 Å². The van der Waals surface area contributed by atoms with Crippen LogP contribution < -0.4 is 4.74 Å². The standard InChI is InChI=1S/C16H13BrN2O/c1-20-12-6-4-5-11(9-12)15-10-16(19-18-15)13-7-2-3-8-14(13)17/h2-10H,1H3,(H,18,19). The molecular weight excluding hydrogens is 316 g/mol. The zero-order chi connectivity index (χ0) is 13.9. The lowest BCUT2D eigenvalue weighted by atomic mass is 10.1. The van der Waals surface area contributed by atoms with E-state index in [9.17, 15) is 0 Å². The number of nitrogens with one attached hydrogen (secondary N) is 1. The first kappa shape index (κ1) is 12.9. The first-order valence-electron chi connectivity index (χ1n) is 6.22. The van der Waals surface area contributed by atoms with Crippen molar-refractivity contribution in [2.45, 2.75) is 0 Å². The van der Waals surface area contributed by atoms with E-state index < -0.39 is 0 Å². The summed E-state index contributed by atoms with van der Waals surface area (Å²) in [5.74, 6) is 0.827. The van der Waals surface area contributed by atoms with Crippen molar-refractivity contribution in [3.05, 3.63) is 59.1 Å². The summed E-state index contributed by atoms with van der Waals surface area (Å²) in [6.07, 6.45) is 0. The molecule has 1 heterocycles. The molecule has 2 aromatic carbocycles. The molecule has 3 nitrogen and oxygen atoms in total. The van der Waals surface area contributed by atoms with Crippen LogP contribution in [-0.2, 0) is 0 Å². The van der Waals surface area contributed by atoms with E-state index in [1.165, 1.54) is 0 Å². The second-order valence-electron chi connectivity index (χ2n) is 4.38. The van der Waals surface area contributed by atoms with Crippen LogP contribution in [0.4, 0.5) is 0 Å². The number of hydrogen-bond donors (Lipinski definition) is 1. The molecule has 0 spiro atoms. The minimum Gasteiger partial charge on any atom is -0.497 e. The van der Waals surface area contributed by atoms with Gasteiger partial charge in [0.15, 0.2) is 0 Å². The number of ether oxygens (including phenoxy) is 1. The summed E-state index contributed by atoms with van der Waals surface area (Å²) in [7, 11) is 1.66. The van der Waals surface area contributed by atoms with Gasteiger partial charge in [-0.2, -0.15) is 5.10 Å². The Labute approximate surface area is 125 Å². The quantitative estimate of drug-likeness (QED) is 0.767. The molecule has 100 valence electrons. The highest BCUT2D eigenvalue weighted by molar-refractivity contribution is 9.10. The van der Waals surface area contributed by atoms with Crippen LogP contribution in [0.3, 0.4) is 0 Å². The molecular formula is C16H13BrN2O. The Morgan fingerprint density at radius 1 is 1.05 bits per heavy atom. The maximum atomic E-state index is 5.24. The molecule has 1 N–H and O–H groups in total. The van der Waals surface area contributed by atoms with E-state index >= 15 is 0 Å². The maximum absolute atomic E-state index is 5.24. The van der Waals surface area contributed by atoms with Crippen LogP contribution in [0.15, 0.2) is 59.1 Å². The fourth-order valence-electron chi connectivity index (χ4n) is 2.07. The number of halogens is 1. The molecule has 0 aliphatic rings. The van der Waals surface area contributed by atoms with Crippen molar-refractivity contribution in [3.63, 3.8) is 0 Å². The highest BCUT2D eigenvalue weighted by atomic mass is 79.9. The van der Waals surface area contributed by atoms with Crippen LogP contribution in [0.25, 0.3) is 22.5 Å². The minimum atomic E-state index is 0.827. The third-order valence-electron chi connectivity index (χ3n) is 3.11. The van der Waals surface area contributed by atoms with Crippen molar-refractivity contribution in [2.75, 3.05) is 7.11 Å². The van der Waals surface area contributed by atoms with E-state index in [1.54, 1.807) is 7.11 Å². The van der Waals surface area contributed by atoms with Gasteiger partial charge in [-0.15, -0.1) is 0 Å². The van der Waals surface area contributed by atoms with E-state index in [2.05, 4.69) is 26.1 Å². The van der Waals surface area contributed by atoms with Gasteiger partial charge < -0.3 is 4.74 Å². The van der Waals surface area contributed by atoms with Gasteiger partial charge in [-0.1, -0.05) is 46.3 Å². The van der Waals surface area contributed by atoms with Crippen LogP contribution in [0.2, 0.25) is 0 Å². The normalized spacial score (nSPS) is 10.5. The Hall–Kier alpha value is -2.07. The molecule has 3 aromatic rings. The summed E-state index contributed by atoms with van der Waals surface area (Å²) >= 11 is 3.55. The molecule has 0 radical (unpaired) electrons. The van der Waals surface area contributed by atoms with Gasteiger partial charge in [-0.25, -0.2) is 0 Å². The smallest absolute Gasteiger partial charge is 0.119 e. The van der Waals surface area contributed by atoms with Crippen LogP contribution in [0, 0.1) is 0 Å². The minimum absolute atomic E-state index is 0.827. The topological polar surface area (TPSA) is 37.9 Å². The van der Waals surface area contributed by atoms with Gasteiger partial charge in [-0.3, -0.25) is 5.10 Å². The fourth-order valence-corrected chi connectivity index (χ4v) is 2.57. The summed E-state index contributed by atoms with van der Waals surface area (Å²) in [6, 6.07) is 18.0. The van der Waals surface area contributed by atoms with E-state index in [4.69, 9.17) is 4.74 Å². The summed E-state index contributed by atoms with van der Waals surface area (Å²) in [4.78, 5) is 0. The first-order valence-corrected chi connectivity index (χ1v) is 7.02. The number of benzene rings is 2. The van der Waals surface area contributed by atoms with Crippen LogP contribution in [0.1, 0.15) is 0 Å². The summed E-state index contributed by atoms with van der Waals surface area (Å²) in [5, 5.41) is 7.46. The zero-order valence-corrected chi connectivity index (χ0v) is 12.5. The van der Waals surface area contributed by atoms with Gasteiger partial charge in [0.25, 0.3) is 0 Å². The number of H-pyrrole nitrogens is 1. The molecule has 0 aliphatic carbocycles. The van der Waals surface area contributed by atoms with E-state index in [0.717, 1.165) is 32.7 Å². The monoisotopic (exact) mass is 328 g/mol. The SMILES string of the molecule is COc1cccc(-c2cc(-c3ccccc3Br)[nH]n2)c1. The molecule has 0 aliphatic heterocycles. The highest BCUT2D eigenvalue weighted by Gasteiger charge is 2.08.